The van der Waals surface area contributed by atoms with Crippen LogP contribution in [0.1, 0.15) is 60.8 Å². The van der Waals surface area contributed by atoms with Gasteiger partial charge in [-0.3, -0.25) is 14.6 Å². The molecule has 0 aliphatic heterocycles. The zero-order valence-corrected chi connectivity index (χ0v) is 15.1. The molecule has 2 aromatic heterocycles. The fourth-order valence-electron chi connectivity index (χ4n) is 3.00. The minimum atomic E-state index is -0.197. The molecule has 2 heterocycles. The summed E-state index contributed by atoms with van der Waals surface area (Å²) in [5.74, 6) is -0.197. The van der Waals surface area contributed by atoms with Crippen LogP contribution in [0.5, 0.6) is 0 Å². The van der Waals surface area contributed by atoms with Gasteiger partial charge >= 0.3 is 0 Å². The molecule has 1 unspecified atom stereocenters. The molecule has 1 aliphatic carbocycles. The predicted molar refractivity (Wildman–Crippen MR) is 97.6 cm³/mol. The van der Waals surface area contributed by atoms with E-state index in [1.807, 2.05) is 51.2 Å². The number of carbonyl (C=O) groups excluding carboxylic acids is 1. The van der Waals surface area contributed by atoms with Crippen LogP contribution in [0.3, 0.4) is 0 Å². The number of hydrogen-bond acceptors (Lipinski definition) is 3. The average Bonchev–Trinajstić information content (AvgIpc) is 3.45. The molecule has 0 radical (unpaired) electrons. The van der Waals surface area contributed by atoms with Gasteiger partial charge in [-0.1, -0.05) is 13.0 Å². The first-order valence-corrected chi connectivity index (χ1v) is 8.95. The molecule has 3 rings (SSSR count). The highest BCUT2D eigenvalue weighted by atomic mass is 16.2. The van der Waals surface area contributed by atoms with Crippen molar-refractivity contribution in [3.05, 3.63) is 63.8 Å². The summed E-state index contributed by atoms with van der Waals surface area (Å²) < 4.78 is 1.72. The lowest BCUT2D eigenvalue weighted by Gasteiger charge is -2.29. The van der Waals surface area contributed by atoms with Gasteiger partial charge in [0.05, 0.1) is 12.2 Å². The van der Waals surface area contributed by atoms with Gasteiger partial charge in [0.15, 0.2) is 0 Å². The molecule has 1 aliphatic rings. The Morgan fingerprint density at radius 1 is 1.36 bits per heavy atom. The molecule has 132 valence electrons. The second-order valence-corrected chi connectivity index (χ2v) is 6.83. The quantitative estimate of drug-likeness (QED) is 0.811. The summed E-state index contributed by atoms with van der Waals surface area (Å²) in [6.45, 7) is 6.30. The third kappa shape index (κ3) is 3.65. The van der Waals surface area contributed by atoms with Crippen molar-refractivity contribution in [2.75, 3.05) is 0 Å². The molecule has 5 heteroatoms. The first-order valence-electron chi connectivity index (χ1n) is 8.95. The lowest BCUT2D eigenvalue weighted by atomic mass is 10.1. The van der Waals surface area contributed by atoms with Gasteiger partial charge in [0.2, 0.25) is 0 Å². The van der Waals surface area contributed by atoms with Gasteiger partial charge in [-0.2, -0.15) is 0 Å². The molecule has 0 N–H and O–H groups in total. The number of nitrogens with zero attached hydrogens (tertiary/aromatic N) is 3. The van der Waals surface area contributed by atoms with Crippen molar-refractivity contribution >= 4 is 5.91 Å². The van der Waals surface area contributed by atoms with Gasteiger partial charge in [0.25, 0.3) is 11.5 Å². The number of amides is 1. The van der Waals surface area contributed by atoms with Crippen molar-refractivity contribution in [3.8, 4) is 0 Å². The largest absolute Gasteiger partial charge is 0.330 e. The smallest absolute Gasteiger partial charge is 0.263 e. The topological polar surface area (TPSA) is 55.2 Å². The van der Waals surface area contributed by atoms with Gasteiger partial charge < -0.3 is 9.47 Å². The second-order valence-electron chi connectivity index (χ2n) is 6.83. The number of hydrogen-bond donors (Lipinski definition) is 0. The van der Waals surface area contributed by atoms with Crippen LogP contribution in [0.25, 0.3) is 0 Å². The Morgan fingerprint density at radius 2 is 2.12 bits per heavy atom. The first kappa shape index (κ1) is 17.4. The van der Waals surface area contributed by atoms with Gasteiger partial charge in [-0.25, -0.2) is 0 Å². The lowest BCUT2D eigenvalue weighted by molar-refractivity contribution is 0.0665. The minimum Gasteiger partial charge on any atom is -0.330 e. The Morgan fingerprint density at radius 3 is 2.72 bits per heavy atom. The molecular formula is C20H25N3O2. The van der Waals surface area contributed by atoms with E-state index in [9.17, 15) is 9.59 Å². The normalized spacial score (nSPS) is 15.0. The molecule has 0 spiro atoms. The Labute approximate surface area is 148 Å². The van der Waals surface area contributed by atoms with E-state index in [0.29, 0.717) is 12.1 Å². The SMILES string of the molecule is CCC(C)N(Cc1ccccn1)C(=O)c1c(C)ccn(C2CC2)c1=O. The number of carbonyl (C=O) groups is 1. The summed E-state index contributed by atoms with van der Waals surface area (Å²) in [6.07, 6.45) is 6.39. The van der Waals surface area contributed by atoms with E-state index in [4.69, 9.17) is 0 Å². The van der Waals surface area contributed by atoms with Crippen LogP contribution in [0.2, 0.25) is 0 Å². The van der Waals surface area contributed by atoms with Gasteiger partial charge in [-0.15, -0.1) is 0 Å². The van der Waals surface area contributed by atoms with Gasteiger partial charge in [-0.05, 0) is 56.9 Å². The number of rotatable bonds is 6. The molecule has 2 aromatic rings. The molecule has 25 heavy (non-hydrogen) atoms. The molecule has 0 aromatic carbocycles. The van der Waals surface area contributed by atoms with Crippen molar-refractivity contribution in [1.82, 2.24) is 14.5 Å². The van der Waals surface area contributed by atoms with E-state index in [-0.39, 0.29) is 23.6 Å². The predicted octanol–water partition coefficient (Wildman–Crippen LogP) is 3.33. The average molecular weight is 339 g/mol. The van der Waals surface area contributed by atoms with Crippen molar-refractivity contribution in [3.63, 3.8) is 0 Å². The summed E-state index contributed by atoms with van der Waals surface area (Å²) in [7, 11) is 0. The third-order valence-electron chi connectivity index (χ3n) is 4.92. The summed E-state index contributed by atoms with van der Waals surface area (Å²) in [6, 6.07) is 7.84. The standard InChI is InChI=1S/C20H25N3O2/c1-4-15(3)23(13-16-7-5-6-11-21-16)20(25)18-14(2)10-12-22(19(18)24)17-8-9-17/h5-7,10-12,15,17H,4,8-9,13H2,1-3H3. The van der Waals surface area contributed by atoms with Crippen LogP contribution in [-0.4, -0.2) is 26.4 Å². The number of pyridine rings is 2. The Balaban J connectivity index is 1.97. The Bertz CT molecular complexity index is 809. The maximum Gasteiger partial charge on any atom is 0.263 e. The Kier molecular flexibility index (Phi) is 5.02. The van der Waals surface area contributed by atoms with Crippen LogP contribution in [-0.2, 0) is 6.54 Å². The number of aryl methyl sites for hydroxylation is 1. The van der Waals surface area contributed by atoms with E-state index in [1.54, 1.807) is 15.7 Å². The van der Waals surface area contributed by atoms with E-state index >= 15 is 0 Å². The van der Waals surface area contributed by atoms with Crippen molar-refractivity contribution < 1.29 is 4.79 Å². The Hall–Kier alpha value is -2.43. The van der Waals surface area contributed by atoms with Crippen LogP contribution < -0.4 is 5.56 Å². The monoisotopic (exact) mass is 339 g/mol. The summed E-state index contributed by atoms with van der Waals surface area (Å²) >= 11 is 0. The van der Waals surface area contributed by atoms with Crippen molar-refractivity contribution in [1.29, 1.82) is 0 Å². The maximum absolute atomic E-state index is 13.3. The molecular weight excluding hydrogens is 314 g/mol. The summed E-state index contributed by atoms with van der Waals surface area (Å²) in [5, 5.41) is 0. The molecule has 1 amide bonds. The number of aromatic nitrogens is 2. The fourth-order valence-corrected chi connectivity index (χ4v) is 3.00. The molecule has 1 saturated carbocycles. The molecule has 1 fully saturated rings. The van der Waals surface area contributed by atoms with Crippen molar-refractivity contribution in [2.24, 2.45) is 0 Å². The molecule has 5 nitrogen and oxygen atoms in total. The van der Waals surface area contributed by atoms with E-state index in [2.05, 4.69) is 4.98 Å². The zero-order chi connectivity index (χ0) is 18.0. The van der Waals surface area contributed by atoms with Crippen LogP contribution in [0.15, 0.2) is 41.5 Å². The molecule has 0 saturated heterocycles. The van der Waals surface area contributed by atoms with Gasteiger partial charge in [0.1, 0.15) is 5.56 Å². The van der Waals surface area contributed by atoms with Crippen molar-refractivity contribution in [2.45, 2.75) is 58.7 Å². The highest BCUT2D eigenvalue weighted by Gasteiger charge is 2.29. The highest BCUT2D eigenvalue weighted by molar-refractivity contribution is 5.95. The van der Waals surface area contributed by atoms with E-state index in [1.165, 1.54) is 0 Å². The lowest BCUT2D eigenvalue weighted by Crippen LogP contribution is -2.42. The summed E-state index contributed by atoms with van der Waals surface area (Å²) in [5.41, 5.74) is 1.70. The zero-order valence-electron chi connectivity index (χ0n) is 15.1. The van der Waals surface area contributed by atoms with E-state index in [0.717, 1.165) is 30.5 Å². The highest BCUT2D eigenvalue weighted by Crippen LogP contribution is 2.33. The third-order valence-corrected chi connectivity index (χ3v) is 4.92. The summed E-state index contributed by atoms with van der Waals surface area (Å²) in [4.78, 5) is 32.3. The minimum absolute atomic E-state index is 0.0305. The van der Waals surface area contributed by atoms with Crippen LogP contribution in [0.4, 0.5) is 0 Å². The van der Waals surface area contributed by atoms with E-state index < -0.39 is 0 Å². The molecule has 1 atom stereocenters. The molecule has 0 bridgehead atoms. The van der Waals surface area contributed by atoms with Gasteiger partial charge in [0, 0.05) is 24.5 Å². The first-order chi connectivity index (χ1) is 12.0. The van der Waals surface area contributed by atoms with Crippen LogP contribution >= 0.6 is 0 Å². The fraction of sp³-hybridized carbons (Fsp3) is 0.450. The second kappa shape index (κ2) is 7.21. The maximum atomic E-state index is 13.3. The van der Waals surface area contributed by atoms with Crippen LogP contribution in [0, 0.1) is 6.92 Å².